The van der Waals surface area contributed by atoms with E-state index in [1.807, 2.05) is 20.8 Å². The van der Waals surface area contributed by atoms with Crippen LogP contribution >= 0.6 is 0 Å². The molecule has 1 atom stereocenters. The van der Waals surface area contributed by atoms with Gasteiger partial charge in [-0.3, -0.25) is 4.79 Å². The lowest BCUT2D eigenvalue weighted by molar-refractivity contribution is -0.123. The molecular formula is C9H18O. The minimum atomic E-state index is 0.365. The highest BCUT2D eigenvalue weighted by Crippen LogP contribution is 2.18. The number of ketones is 1. The Morgan fingerprint density at radius 3 is 2.20 bits per heavy atom. The van der Waals surface area contributed by atoms with Crippen LogP contribution in [0.5, 0.6) is 0 Å². The standard InChI is InChI=1S/C7H12O.C2H6/c1-6-4-2-3-5-7(6)8;1-2/h6H,2-5H2,1H3;1-2H3. The maximum absolute atomic E-state index is 10.8. The first-order valence-electron chi connectivity index (χ1n) is 4.33. The lowest BCUT2D eigenvalue weighted by Gasteiger charge is -2.14. The van der Waals surface area contributed by atoms with Gasteiger partial charge in [-0.15, -0.1) is 0 Å². The van der Waals surface area contributed by atoms with Gasteiger partial charge in [0.25, 0.3) is 0 Å². The van der Waals surface area contributed by atoms with Crippen molar-refractivity contribution in [2.45, 2.75) is 46.5 Å². The Labute approximate surface area is 63.8 Å². The fourth-order valence-corrected chi connectivity index (χ4v) is 1.16. The molecular weight excluding hydrogens is 124 g/mol. The average molecular weight is 142 g/mol. The number of Topliss-reactive ketones (excluding diaryl/α,β-unsaturated/α-hetero) is 1. The highest BCUT2D eigenvalue weighted by Gasteiger charge is 2.16. The second kappa shape index (κ2) is 5.45. The van der Waals surface area contributed by atoms with Gasteiger partial charge in [-0.1, -0.05) is 27.2 Å². The quantitative estimate of drug-likeness (QED) is 0.508. The van der Waals surface area contributed by atoms with Crippen LogP contribution in [0.1, 0.15) is 46.5 Å². The van der Waals surface area contributed by atoms with Gasteiger partial charge in [-0.2, -0.15) is 0 Å². The molecule has 0 bridgehead atoms. The Morgan fingerprint density at radius 2 is 1.90 bits per heavy atom. The third-order valence-electron chi connectivity index (χ3n) is 1.86. The number of rotatable bonds is 0. The molecule has 1 unspecified atom stereocenters. The van der Waals surface area contributed by atoms with Crippen LogP contribution in [0.3, 0.4) is 0 Å². The molecule has 1 aliphatic rings. The van der Waals surface area contributed by atoms with Crippen molar-refractivity contribution in [2.24, 2.45) is 5.92 Å². The van der Waals surface area contributed by atoms with Gasteiger partial charge >= 0.3 is 0 Å². The Morgan fingerprint density at radius 1 is 1.30 bits per heavy atom. The highest BCUT2D eigenvalue weighted by molar-refractivity contribution is 5.81. The van der Waals surface area contributed by atoms with Crippen molar-refractivity contribution in [3.8, 4) is 0 Å². The molecule has 1 heteroatoms. The van der Waals surface area contributed by atoms with Gasteiger partial charge in [-0.05, 0) is 12.8 Å². The van der Waals surface area contributed by atoms with Crippen molar-refractivity contribution >= 4 is 5.78 Å². The molecule has 1 nitrogen and oxygen atoms in total. The summed E-state index contributed by atoms with van der Waals surface area (Å²) in [6.45, 7) is 6.03. The summed E-state index contributed by atoms with van der Waals surface area (Å²) in [5.41, 5.74) is 0. The van der Waals surface area contributed by atoms with Crippen LogP contribution in [0.15, 0.2) is 0 Å². The van der Waals surface area contributed by atoms with E-state index in [0.717, 1.165) is 19.3 Å². The third kappa shape index (κ3) is 3.00. The first kappa shape index (κ1) is 9.67. The van der Waals surface area contributed by atoms with Gasteiger partial charge in [0.2, 0.25) is 0 Å². The first-order chi connectivity index (χ1) is 4.80. The van der Waals surface area contributed by atoms with E-state index in [4.69, 9.17) is 0 Å². The first-order valence-corrected chi connectivity index (χ1v) is 4.33. The van der Waals surface area contributed by atoms with E-state index >= 15 is 0 Å². The van der Waals surface area contributed by atoms with E-state index in [0.29, 0.717) is 11.7 Å². The van der Waals surface area contributed by atoms with Crippen molar-refractivity contribution in [2.75, 3.05) is 0 Å². The van der Waals surface area contributed by atoms with Crippen molar-refractivity contribution in [3.63, 3.8) is 0 Å². The summed E-state index contributed by atoms with van der Waals surface area (Å²) in [5, 5.41) is 0. The molecule has 10 heavy (non-hydrogen) atoms. The molecule has 1 aliphatic carbocycles. The monoisotopic (exact) mass is 142 g/mol. The molecule has 0 spiro atoms. The summed E-state index contributed by atoms with van der Waals surface area (Å²) in [4.78, 5) is 10.8. The maximum atomic E-state index is 10.8. The third-order valence-corrected chi connectivity index (χ3v) is 1.86. The van der Waals surface area contributed by atoms with Crippen LogP contribution in [0.4, 0.5) is 0 Å². The predicted octanol–water partition coefficient (Wildman–Crippen LogP) is 2.79. The van der Waals surface area contributed by atoms with Gasteiger partial charge in [0.15, 0.2) is 0 Å². The molecule has 1 saturated carbocycles. The molecule has 0 heterocycles. The predicted molar refractivity (Wildman–Crippen MR) is 44.0 cm³/mol. The van der Waals surface area contributed by atoms with E-state index < -0.39 is 0 Å². The molecule has 0 aromatic heterocycles. The average Bonchev–Trinajstić information content (AvgIpc) is 2.00. The highest BCUT2D eigenvalue weighted by atomic mass is 16.1. The van der Waals surface area contributed by atoms with Gasteiger partial charge in [0.1, 0.15) is 5.78 Å². The van der Waals surface area contributed by atoms with Crippen molar-refractivity contribution in [3.05, 3.63) is 0 Å². The van der Waals surface area contributed by atoms with Crippen LogP contribution in [0.25, 0.3) is 0 Å². The lowest BCUT2D eigenvalue weighted by Crippen LogP contribution is -2.14. The lowest BCUT2D eigenvalue weighted by atomic mass is 9.90. The number of carbonyl (C=O) groups is 1. The zero-order chi connectivity index (χ0) is 7.98. The smallest absolute Gasteiger partial charge is 0.135 e. The zero-order valence-corrected chi connectivity index (χ0v) is 7.31. The van der Waals surface area contributed by atoms with Crippen LogP contribution in [-0.4, -0.2) is 5.78 Å². The molecule has 0 amide bonds. The Balaban J connectivity index is 0.000000371. The summed E-state index contributed by atoms with van der Waals surface area (Å²) < 4.78 is 0. The van der Waals surface area contributed by atoms with Crippen molar-refractivity contribution in [1.29, 1.82) is 0 Å². The van der Waals surface area contributed by atoms with E-state index in [9.17, 15) is 4.79 Å². The van der Waals surface area contributed by atoms with Gasteiger partial charge in [0, 0.05) is 12.3 Å². The van der Waals surface area contributed by atoms with Crippen LogP contribution < -0.4 is 0 Å². The summed E-state index contributed by atoms with van der Waals surface area (Å²) in [6, 6.07) is 0. The molecule has 1 fully saturated rings. The fourth-order valence-electron chi connectivity index (χ4n) is 1.16. The van der Waals surface area contributed by atoms with E-state index in [1.54, 1.807) is 0 Å². The minimum Gasteiger partial charge on any atom is -0.299 e. The van der Waals surface area contributed by atoms with E-state index in [1.165, 1.54) is 6.42 Å². The second-order valence-electron chi connectivity index (χ2n) is 2.61. The molecule has 60 valence electrons. The molecule has 0 radical (unpaired) electrons. The molecule has 0 saturated heterocycles. The van der Waals surface area contributed by atoms with Gasteiger partial charge in [0.05, 0.1) is 0 Å². The van der Waals surface area contributed by atoms with Crippen molar-refractivity contribution in [1.82, 2.24) is 0 Å². The Kier molecular flexibility index (Phi) is 5.27. The van der Waals surface area contributed by atoms with Gasteiger partial charge in [-0.25, -0.2) is 0 Å². The van der Waals surface area contributed by atoms with Crippen LogP contribution in [0.2, 0.25) is 0 Å². The normalized spacial score (nSPS) is 25.1. The van der Waals surface area contributed by atoms with E-state index in [-0.39, 0.29) is 0 Å². The number of hydrogen-bond acceptors (Lipinski definition) is 1. The van der Waals surface area contributed by atoms with Gasteiger partial charge < -0.3 is 0 Å². The topological polar surface area (TPSA) is 17.1 Å². The minimum absolute atomic E-state index is 0.365. The maximum Gasteiger partial charge on any atom is 0.135 e. The van der Waals surface area contributed by atoms with Crippen molar-refractivity contribution < 1.29 is 4.79 Å². The summed E-state index contributed by atoms with van der Waals surface area (Å²) in [5.74, 6) is 0.833. The Bertz CT molecular complexity index is 96.9. The fraction of sp³-hybridized carbons (Fsp3) is 0.889. The number of hydrogen-bond donors (Lipinski definition) is 0. The summed E-state index contributed by atoms with van der Waals surface area (Å²) in [7, 11) is 0. The Hall–Kier alpha value is -0.330. The number of carbonyl (C=O) groups excluding carboxylic acids is 1. The molecule has 0 aliphatic heterocycles. The SMILES string of the molecule is CC.CC1CCCCC1=O. The largest absolute Gasteiger partial charge is 0.299 e. The zero-order valence-electron chi connectivity index (χ0n) is 7.31. The summed E-state index contributed by atoms with van der Waals surface area (Å²) >= 11 is 0. The summed E-state index contributed by atoms with van der Waals surface area (Å²) in [6.07, 6.45) is 4.34. The molecule has 0 N–H and O–H groups in total. The second-order valence-corrected chi connectivity index (χ2v) is 2.61. The molecule has 0 aromatic carbocycles. The van der Waals surface area contributed by atoms with E-state index in [2.05, 4.69) is 0 Å². The molecule has 0 aromatic rings. The van der Waals surface area contributed by atoms with Crippen LogP contribution in [-0.2, 0) is 4.79 Å². The molecule has 1 rings (SSSR count). The van der Waals surface area contributed by atoms with Crippen LogP contribution in [0, 0.1) is 5.92 Å².